The summed E-state index contributed by atoms with van der Waals surface area (Å²) in [4.78, 5) is 20.8. The zero-order chi connectivity index (χ0) is 9.84. The minimum atomic E-state index is -1.03. The van der Waals surface area contributed by atoms with Crippen molar-refractivity contribution in [3.8, 4) is 0 Å². The van der Waals surface area contributed by atoms with Crippen LogP contribution in [0.1, 0.15) is 0 Å². The van der Waals surface area contributed by atoms with Crippen molar-refractivity contribution >= 4 is 29.5 Å². The summed E-state index contributed by atoms with van der Waals surface area (Å²) in [5, 5.41) is 10.6. The van der Waals surface area contributed by atoms with E-state index < -0.39 is 5.97 Å². The maximum atomic E-state index is 10.1. The summed E-state index contributed by atoms with van der Waals surface area (Å²) >= 11 is 5.44. The second-order valence-electron chi connectivity index (χ2n) is 2.03. The number of rotatable bonds is 3. The molecule has 8 heteroatoms. The van der Waals surface area contributed by atoms with Crippen molar-refractivity contribution < 1.29 is 9.90 Å². The predicted molar refractivity (Wildman–Crippen MR) is 45.4 cm³/mol. The molecule has 0 aromatic carbocycles. The number of carboxylic acids is 1. The van der Waals surface area contributed by atoms with E-state index in [0.717, 1.165) is 0 Å². The molecular weight excluding hydrogens is 198 g/mol. The van der Waals surface area contributed by atoms with Gasteiger partial charge in [-0.3, -0.25) is 4.79 Å². The molecule has 0 spiro atoms. The van der Waals surface area contributed by atoms with E-state index in [-0.39, 0.29) is 23.7 Å². The van der Waals surface area contributed by atoms with Crippen LogP contribution in [0.15, 0.2) is 0 Å². The number of nitrogens with two attached hydrogens (primary N) is 1. The minimum absolute atomic E-state index is 0.0416. The van der Waals surface area contributed by atoms with Gasteiger partial charge in [0.05, 0.1) is 0 Å². The van der Waals surface area contributed by atoms with Gasteiger partial charge in [0.1, 0.15) is 6.54 Å². The van der Waals surface area contributed by atoms with Crippen molar-refractivity contribution in [3.63, 3.8) is 0 Å². The van der Waals surface area contributed by atoms with Crippen LogP contribution in [0.3, 0.4) is 0 Å². The van der Waals surface area contributed by atoms with E-state index in [0.29, 0.717) is 0 Å². The number of halogens is 1. The zero-order valence-electron chi connectivity index (χ0n) is 6.36. The third-order valence-corrected chi connectivity index (χ3v) is 1.19. The van der Waals surface area contributed by atoms with Gasteiger partial charge in [-0.25, -0.2) is 0 Å². The number of aromatic nitrogens is 3. The number of carboxylic acid groups (broad SMARTS) is 1. The highest BCUT2D eigenvalue weighted by Gasteiger charge is 2.03. The van der Waals surface area contributed by atoms with E-state index in [9.17, 15) is 4.79 Å². The van der Waals surface area contributed by atoms with Crippen molar-refractivity contribution in [2.24, 2.45) is 0 Å². The lowest BCUT2D eigenvalue weighted by molar-refractivity contribution is -0.134. The van der Waals surface area contributed by atoms with Crippen LogP contribution in [0.25, 0.3) is 0 Å². The monoisotopic (exact) mass is 203 g/mol. The van der Waals surface area contributed by atoms with Crippen molar-refractivity contribution in [1.29, 1.82) is 0 Å². The number of carbonyl (C=O) groups is 1. The highest BCUT2D eigenvalue weighted by Crippen LogP contribution is 2.05. The van der Waals surface area contributed by atoms with E-state index in [1.807, 2.05) is 0 Å². The standard InChI is InChI=1S/C5H6ClN5O2/c6-3-9-4(7)11-5(10-3)8-1-2(12)13/h1H2,(H,12,13)(H3,7,8,9,10,11). The van der Waals surface area contributed by atoms with Gasteiger partial charge in [0.15, 0.2) is 0 Å². The van der Waals surface area contributed by atoms with Gasteiger partial charge in [-0.15, -0.1) is 0 Å². The normalized spacial score (nSPS) is 9.62. The Kier molecular flexibility index (Phi) is 2.80. The average molecular weight is 204 g/mol. The topological polar surface area (TPSA) is 114 Å². The number of nitrogens with zero attached hydrogens (tertiary/aromatic N) is 3. The molecule has 0 saturated carbocycles. The van der Waals surface area contributed by atoms with E-state index in [1.54, 1.807) is 0 Å². The molecule has 0 aliphatic heterocycles. The molecule has 0 saturated heterocycles. The molecular formula is C5H6ClN5O2. The number of hydrogen-bond acceptors (Lipinski definition) is 6. The van der Waals surface area contributed by atoms with Gasteiger partial charge in [-0.1, -0.05) is 0 Å². The van der Waals surface area contributed by atoms with E-state index in [1.165, 1.54) is 0 Å². The lowest BCUT2D eigenvalue weighted by atomic mass is 10.6. The minimum Gasteiger partial charge on any atom is -0.480 e. The first-order chi connectivity index (χ1) is 6.08. The van der Waals surface area contributed by atoms with Gasteiger partial charge in [-0.2, -0.15) is 15.0 Å². The number of aliphatic carboxylic acids is 1. The molecule has 1 rings (SSSR count). The first-order valence-electron chi connectivity index (χ1n) is 3.20. The van der Waals surface area contributed by atoms with E-state index in [2.05, 4.69) is 20.3 Å². The van der Waals surface area contributed by atoms with Gasteiger partial charge in [-0.05, 0) is 11.6 Å². The van der Waals surface area contributed by atoms with Gasteiger partial charge in [0, 0.05) is 0 Å². The van der Waals surface area contributed by atoms with Crippen molar-refractivity contribution in [3.05, 3.63) is 5.28 Å². The van der Waals surface area contributed by atoms with Crippen molar-refractivity contribution in [2.75, 3.05) is 17.6 Å². The van der Waals surface area contributed by atoms with Crippen molar-refractivity contribution in [2.45, 2.75) is 0 Å². The summed E-state index contributed by atoms with van der Waals surface area (Å²) in [5.74, 6) is -1.05. The summed E-state index contributed by atoms with van der Waals surface area (Å²) in [6.07, 6.45) is 0. The van der Waals surface area contributed by atoms with Gasteiger partial charge in [0.2, 0.25) is 17.2 Å². The Morgan fingerprint density at radius 1 is 1.54 bits per heavy atom. The van der Waals surface area contributed by atoms with Crippen LogP contribution in [-0.2, 0) is 4.79 Å². The fraction of sp³-hybridized carbons (Fsp3) is 0.200. The Morgan fingerprint density at radius 3 is 2.77 bits per heavy atom. The molecule has 13 heavy (non-hydrogen) atoms. The maximum absolute atomic E-state index is 10.1. The first-order valence-corrected chi connectivity index (χ1v) is 3.58. The number of nitrogen functional groups attached to an aromatic ring is 1. The van der Waals surface area contributed by atoms with Crippen LogP contribution < -0.4 is 11.1 Å². The Labute approximate surface area is 78.0 Å². The lowest BCUT2D eigenvalue weighted by Crippen LogP contribution is -2.15. The van der Waals surface area contributed by atoms with Gasteiger partial charge < -0.3 is 16.2 Å². The fourth-order valence-corrected chi connectivity index (χ4v) is 0.766. The van der Waals surface area contributed by atoms with E-state index in [4.69, 9.17) is 22.4 Å². The highest BCUT2D eigenvalue weighted by atomic mass is 35.5. The SMILES string of the molecule is Nc1nc(Cl)nc(NCC(=O)O)n1. The van der Waals surface area contributed by atoms with Crippen LogP contribution in [0, 0.1) is 0 Å². The molecule has 4 N–H and O–H groups in total. The van der Waals surface area contributed by atoms with Gasteiger partial charge >= 0.3 is 5.97 Å². The molecule has 0 unspecified atom stereocenters. The Bertz CT molecular complexity index is 310. The molecule has 7 nitrogen and oxygen atoms in total. The third kappa shape index (κ3) is 3.08. The smallest absolute Gasteiger partial charge is 0.322 e. The highest BCUT2D eigenvalue weighted by molar-refractivity contribution is 6.28. The third-order valence-electron chi connectivity index (χ3n) is 1.02. The van der Waals surface area contributed by atoms with Crippen LogP contribution in [0.2, 0.25) is 5.28 Å². The summed E-state index contributed by atoms with van der Waals surface area (Å²) < 4.78 is 0. The first kappa shape index (κ1) is 9.46. The zero-order valence-corrected chi connectivity index (χ0v) is 7.12. The summed E-state index contributed by atoms with van der Waals surface area (Å²) in [7, 11) is 0. The number of anilines is 2. The summed E-state index contributed by atoms with van der Waals surface area (Å²) in [5.41, 5.74) is 5.23. The van der Waals surface area contributed by atoms with Crippen LogP contribution in [0.4, 0.5) is 11.9 Å². The van der Waals surface area contributed by atoms with Crippen LogP contribution in [0.5, 0.6) is 0 Å². The molecule has 0 radical (unpaired) electrons. The lowest BCUT2D eigenvalue weighted by Gasteiger charge is -2.01. The average Bonchev–Trinajstić information content (AvgIpc) is 1.99. The summed E-state index contributed by atoms with van der Waals surface area (Å²) in [6, 6.07) is 0. The molecule has 1 aromatic rings. The summed E-state index contributed by atoms with van der Waals surface area (Å²) in [6.45, 7) is -0.306. The predicted octanol–water partition coefficient (Wildman–Crippen LogP) is -0.396. The number of hydrogen-bond donors (Lipinski definition) is 3. The van der Waals surface area contributed by atoms with E-state index >= 15 is 0 Å². The largest absolute Gasteiger partial charge is 0.480 e. The molecule has 0 aliphatic rings. The molecule has 0 aliphatic carbocycles. The Morgan fingerprint density at radius 2 is 2.23 bits per heavy atom. The second-order valence-corrected chi connectivity index (χ2v) is 2.37. The Balaban J connectivity index is 2.71. The van der Waals surface area contributed by atoms with Gasteiger partial charge in [0.25, 0.3) is 0 Å². The fourth-order valence-electron chi connectivity index (χ4n) is 0.599. The number of nitrogens with one attached hydrogen (secondary N) is 1. The maximum Gasteiger partial charge on any atom is 0.322 e. The van der Waals surface area contributed by atoms with Crippen LogP contribution in [-0.4, -0.2) is 32.6 Å². The van der Waals surface area contributed by atoms with Crippen molar-refractivity contribution in [1.82, 2.24) is 15.0 Å². The molecule has 0 fully saturated rings. The molecule has 1 heterocycles. The molecule has 70 valence electrons. The van der Waals surface area contributed by atoms with Crippen LogP contribution >= 0.6 is 11.6 Å². The molecule has 0 bridgehead atoms. The molecule has 0 atom stereocenters. The Hall–Kier alpha value is -1.63. The molecule has 0 amide bonds. The quantitative estimate of drug-likeness (QED) is 0.613. The second kappa shape index (κ2) is 3.85. The molecule has 1 aromatic heterocycles.